The molecule has 2 aromatic heterocycles. The minimum absolute atomic E-state index is 0.0255. The van der Waals surface area contributed by atoms with Gasteiger partial charge in [0, 0.05) is 43.5 Å². The molecule has 4 aromatic rings. The first-order valence-electron chi connectivity index (χ1n) is 13.8. The van der Waals surface area contributed by atoms with Crippen LogP contribution < -0.4 is 15.5 Å². The molecule has 0 aliphatic heterocycles. The Bertz CT molecular complexity index is 1350. The average Bonchev–Trinajstić information content (AvgIpc) is 3.31. The van der Waals surface area contributed by atoms with Crippen molar-refractivity contribution in [3.05, 3.63) is 77.6 Å². The fourth-order valence-corrected chi connectivity index (χ4v) is 5.20. The van der Waals surface area contributed by atoms with Crippen molar-refractivity contribution in [3.8, 4) is 0 Å². The minimum atomic E-state index is 0.0255. The highest BCUT2D eigenvalue weighted by atomic mass is 15.3. The van der Waals surface area contributed by atoms with Gasteiger partial charge in [0.2, 0.25) is 5.95 Å². The summed E-state index contributed by atoms with van der Waals surface area (Å²) in [6.07, 6.45) is 4.46. The molecule has 0 bridgehead atoms. The van der Waals surface area contributed by atoms with Crippen LogP contribution in [-0.4, -0.2) is 45.9 Å². The molecular weight excluding hydrogens is 470 g/mol. The standard InChI is InChI=1S/C31H41N7/c1-31(2,3)28-19-25(38(36-28)21-22-11-7-6-8-12-22)20-32-23-15-17-24(18-16-23)33-30-34-27-14-10-9-13-26(27)29(35-30)37(4)5/h6-14,19,23-24,32H,15-18,20-21H2,1-5H3,(H,33,34,35). The first-order chi connectivity index (χ1) is 18.3. The lowest BCUT2D eigenvalue weighted by molar-refractivity contribution is 0.348. The van der Waals surface area contributed by atoms with E-state index < -0.39 is 0 Å². The molecule has 38 heavy (non-hydrogen) atoms. The Morgan fingerprint density at radius 3 is 2.29 bits per heavy atom. The summed E-state index contributed by atoms with van der Waals surface area (Å²) in [5.74, 6) is 1.68. The van der Waals surface area contributed by atoms with E-state index in [0.29, 0.717) is 12.1 Å². The topological polar surface area (TPSA) is 70.9 Å². The first-order valence-corrected chi connectivity index (χ1v) is 13.8. The molecule has 2 N–H and O–H groups in total. The van der Waals surface area contributed by atoms with E-state index in [1.807, 2.05) is 26.2 Å². The molecule has 1 aliphatic carbocycles. The largest absolute Gasteiger partial charge is 0.362 e. The SMILES string of the molecule is CN(C)c1nc(NC2CCC(NCc3cc(C(C)(C)C)nn3Cc3ccccc3)CC2)nc2ccccc12. The molecule has 0 unspecified atom stereocenters. The highest BCUT2D eigenvalue weighted by Gasteiger charge is 2.24. The number of anilines is 2. The van der Waals surface area contributed by atoms with E-state index in [1.54, 1.807) is 0 Å². The number of hydrogen-bond donors (Lipinski definition) is 2. The zero-order valence-electron chi connectivity index (χ0n) is 23.4. The van der Waals surface area contributed by atoms with Gasteiger partial charge < -0.3 is 15.5 Å². The van der Waals surface area contributed by atoms with Gasteiger partial charge in [0.15, 0.2) is 0 Å². The predicted octanol–water partition coefficient (Wildman–Crippen LogP) is 5.75. The highest BCUT2D eigenvalue weighted by Crippen LogP contribution is 2.27. The Morgan fingerprint density at radius 1 is 0.895 bits per heavy atom. The molecular formula is C31H41N7. The molecule has 0 saturated heterocycles. The first kappa shape index (κ1) is 26.2. The van der Waals surface area contributed by atoms with Crippen molar-refractivity contribution in [3.63, 3.8) is 0 Å². The number of rotatable bonds is 8. The van der Waals surface area contributed by atoms with Gasteiger partial charge in [-0.05, 0) is 49.4 Å². The maximum absolute atomic E-state index is 4.99. The van der Waals surface area contributed by atoms with Crippen molar-refractivity contribution < 1.29 is 0 Å². The van der Waals surface area contributed by atoms with Crippen LogP contribution in [-0.2, 0) is 18.5 Å². The van der Waals surface area contributed by atoms with E-state index in [0.717, 1.165) is 67.1 Å². The van der Waals surface area contributed by atoms with E-state index >= 15 is 0 Å². The van der Waals surface area contributed by atoms with Crippen molar-refractivity contribution in [2.75, 3.05) is 24.3 Å². The maximum atomic E-state index is 4.99. The molecule has 0 atom stereocenters. The lowest BCUT2D eigenvalue weighted by Gasteiger charge is -2.30. The van der Waals surface area contributed by atoms with Gasteiger partial charge in [-0.2, -0.15) is 10.1 Å². The third kappa shape index (κ3) is 6.16. The van der Waals surface area contributed by atoms with Crippen LogP contribution in [0.3, 0.4) is 0 Å². The zero-order chi connectivity index (χ0) is 26.7. The molecule has 1 fully saturated rings. The van der Waals surface area contributed by atoms with Crippen molar-refractivity contribution in [1.82, 2.24) is 25.1 Å². The van der Waals surface area contributed by atoms with Gasteiger partial charge in [-0.3, -0.25) is 4.68 Å². The van der Waals surface area contributed by atoms with Crippen LogP contribution in [0.1, 0.15) is 63.4 Å². The fourth-order valence-electron chi connectivity index (χ4n) is 5.20. The van der Waals surface area contributed by atoms with E-state index in [-0.39, 0.29) is 5.41 Å². The number of hydrogen-bond acceptors (Lipinski definition) is 6. The molecule has 1 aliphatic rings. The second-order valence-electron chi connectivity index (χ2n) is 11.8. The molecule has 7 heteroatoms. The minimum Gasteiger partial charge on any atom is -0.362 e. The third-order valence-corrected chi connectivity index (χ3v) is 7.45. The molecule has 0 spiro atoms. The number of para-hydroxylation sites is 1. The van der Waals surface area contributed by atoms with Gasteiger partial charge >= 0.3 is 0 Å². The molecule has 0 amide bonds. The van der Waals surface area contributed by atoms with Gasteiger partial charge in [-0.25, -0.2) is 4.98 Å². The second-order valence-corrected chi connectivity index (χ2v) is 11.8. The monoisotopic (exact) mass is 511 g/mol. The zero-order valence-corrected chi connectivity index (χ0v) is 23.4. The van der Waals surface area contributed by atoms with Gasteiger partial charge in [0.25, 0.3) is 0 Å². The molecule has 7 nitrogen and oxygen atoms in total. The summed E-state index contributed by atoms with van der Waals surface area (Å²) in [6, 6.07) is 22.0. The summed E-state index contributed by atoms with van der Waals surface area (Å²) in [6.45, 7) is 8.32. The number of nitrogens with one attached hydrogen (secondary N) is 2. The van der Waals surface area contributed by atoms with Crippen LogP contribution in [0.5, 0.6) is 0 Å². The van der Waals surface area contributed by atoms with Crippen molar-refractivity contribution in [2.24, 2.45) is 0 Å². The van der Waals surface area contributed by atoms with Crippen LogP contribution in [0.2, 0.25) is 0 Å². The van der Waals surface area contributed by atoms with E-state index in [2.05, 4.69) is 89.5 Å². The molecule has 200 valence electrons. The van der Waals surface area contributed by atoms with Crippen LogP contribution in [0.15, 0.2) is 60.7 Å². The fraction of sp³-hybridized carbons (Fsp3) is 0.452. The summed E-state index contributed by atoms with van der Waals surface area (Å²) < 4.78 is 2.18. The molecule has 0 radical (unpaired) electrons. The van der Waals surface area contributed by atoms with E-state index in [9.17, 15) is 0 Å². The Hall–Kier alpha value is -3.45. The summed E-state index contributed by atoms with van der Waals surface area (Å²) >= 11 is 0. The summed E-state index contributed by atoms with van der Waals surface area (Å²) in [5.41, 5.74) is 4.67. The molecule has 2 aromatic carbocycles. The molecule has 2 heterocycles. The predicted molar refractivity (Wildman–Crippen MR) is 157 cm³/mol. The van der Waals surface area contributed by atoms with Crippen LogP contribution in [0.25, 0.3) is 10.9 Å². The molecule has 5 rings (SSSR count). The molecule has 1 saturated carbocycles. The quantitative estimate of drug-likeness (QED) is 0.314. The third-order valence-electron chi connectivity index (χ3n) is 7.45. The van der Waals surface area contributed by atoms with Crippen molar-refractivity contribution >= 4 is 22.7 Å². The van der Waals surface area contributed by atoms with Crippen LogP contribution in [0, 0.1) is 0 Å². The van der Waals surface area contributed by atoms with E-state index in [4.69, 9.17) is 15.1 Å². The Kier molecular flexibility index (Phi) is 7.65. The number of fused-ring (bicyclic) bond motifs is 1. The summed E-state index contributed by atoms with van der Waals surface area (Å²) in [7, 11) is 4.07. The van der Waals surface area contributed by atoms with Gasteiger partial charge in [-0.1, -0.05) is 63.2 Å². The maximum Gasteiger partial charge on any atom is 0.225 e. The Balaban J connectivity index is 1.20. The normalized spacial score (nSPS) is 18.0. The number of nitrogens with zero attached hydrogens (tertiary/aromatic N) is 5. The summed E-state index contributed by atoms with van der Waals surface area (Å²) in [5, 5.41) is 13.5. The van der Waals surface area contributed by atoms with E-state index in [1.165, 1.54) is 11.3 Å². The van der Waals surface area contributed by atoms with Gasteiger partial charge in [0.05, 0.1) is 23.4 Å². The Labute approximate surface area is 226 Å². The van der Waals surface area contributed by atoms with Crippen molar-refractivity contribution in [1.29, 1.82) is 0 Å². The Morgan fingerprint density at radius 2 is 1.58 bits per heavy atom. The second kappa shape index (κ2) is 11.1. The van der Waals surface area contributed by atoms with Crippen LogP contribution in [0.4, 0.5) is 11.8 Å². The van der Waals surface area contributed by atoms with Gasteiger partial charge in [-0.15, -0.1) is 0 Å². The highest BCUT2D eigenvalue weighted by molar-refractivity contribution is 5.90. The lowest BCUT2D eigenvalue weighted by atomic mass is 9.91. The number of aromatic nitrogens is 4. The van der Waals surface area contributed by atoms with Gasteiger partial charge in [0.1, 0.15) is 5.82 Å². The summed E-state index contributed by atoms with van der Waals surface area (Å²) in [4.78, 5) is 11.7. The van der Waals surface area contributed by atoms with Crippen molar-refractivity contribution in [2.45, 2.75) is 77.0 Å². The average molecular weight is 512 g/mol. The van der Waals surface area contributed by atoms with Crippen LogP contribution >= 0.6 is 0 Å². The number of benzene rings is 2. The lowest BCUT2D eigenvalue weighted by Crippen LogP contribution is -2.37. The smallest absolute Gasteiger partial charge is 0.225 e.